The molecule has 0 bridgehead atoms. The van der Waals surface area contributed by atoms with Crippen molar-refractivity contribution in [3.63, 3.8) is 0 Å². The van der Waals surface area contributed by atoms with Crippen LogP contribution in [0.2, 0.25) is 0 Å². The third-order valence-corrected chi connectivity index (χ3v) is 2.55. The van der Waals surface area contributed by atoms with Crippen LogP contribution >= 0.6 is 0 Å². The number of hydrogen-bond donors (Lipinski definition) is 1. The standard InChI is InChI=1S/C9H16O3/c1-12-9(11)6-8-4-7(5-8)2-3-10/h7-8,10H,2-6H2,1H3. The van der Waals surface area contributed by atoms with Crippen molar-refractivity contribution in [1.82, 2.24) is 0 Å². The van der Waals surface area contributed by atoms with Crippen molar-refractivity contribution in [3.05, 3.63) is 0 Å². The monoisotopic (exact) mass is 172 g/mol. The molecule has 1 aliphatic rings. The Hall–Kier alpha value is -0.570. The Labute approximate surface area is 72.7 Å². The van der Waals surface area contributed by atoms with Crippen LogP contribution in [0, 0.1) is 11.8 Å². The second-order valence-electron chi connectivity index (χ2n) is 3.50. The van der Waals surface area contributed by atoms with E-state index in [1.54, 1.807) is 0 Å². The van der Waals surface area contributed by atoms with Crippen LogP contribution < -0.4 is 0 Å². The first kappa shape index (κ1) is 9.52. The molecule has 1 rings (SSSR count). The maximum atomic E-state index is 10.8. The number of hydrogen-bond acceptors (Lipinski definition) is 3. The van der Waals surface area contributed by atoms with E-state index in [9.17, 15) is 4.79 Å². The van der Waals surface area contributed by atoms with Crippen LogP contribution in [-0.2, 0) is 9.53 Å². The third-order valence-electron chi connectivity index (χ3n) is 2.55. The molecule has 12 heavy (non-hydrogen) atoms. The Kier molecular flexibility index (Phi) is 3.53. The van der Waals surface area contributed by atoms with Crippen LogP contribution in [0.15, 0.2) is 0 Å². The highest BCUT2D eigenvalue weighted by Gasteiger charge is 2.30. The van der Waals surface area contributed by atoms with Crippen molar-refractivity contribution in [3.8, 4) is 0 Å². The zero-order valence-electron chi connectivity index (χ0n) is 7.45. The fourth-order valence-corrected chi connectivity index (χ4v) is 1.78. The smallest absolute Gasteiger partial charge is 0.305 e. The Morgan fingerprint density at radius 1 is 1.50 bits per heavy atom. The summed E-state index contributed by atoms with van der Waals surface area (Å²) in [6.45, 7) is 0.273. The molecule has 0 aromatic carbocycles. The van der Waals surface area contributed by atoms with Gasteiger partial charge in [0, 0.05) is 13.0 Å². The molecule has 0 atom stereocenters. The quantitative estimate of drug-likeness (QED) is 0.642. The average molecular weight is 172 g/mol. The molecule has 0 saturated heterocycles. The van der Waals surface area contributed by atoms with E-state index in [0.29, 0.717) is 18.3 Å². The molecule has 0 radical (unpaired) electrons. The predicted octanol–water partition coefficient (Wildman–Crippen LogP) is 0.958. The summed E-state index contributed by atoms with van der Waals surface area (Å²) in [5, 5.41) is 8.62. The van der Waals surface area contributed by atoms with E-state index in [4.69, 9.17) is 5.11 Å². The number of aliphatic hydroxyl groups is 1. The number of methoxy groups -OCH3 is 1. The second kappa shape index (κ2) is 4.45. The maximum absolute atomic E-state index is 10.8. The lowest BCUT2D eigenvalue weighted by molar-refractivity contribution is -0.142. The minimum Gasteiger partial charge on any atom is -0.469 e. The Morgan fingerprint density at radius 3 is 2.67 bits per heavy atom. The molecule has 0 aromatic heterocycles. The van der Waals surface area contributed by atoms with Crippen molar-refractivity contribution in [2.45, 2.75) is 25.7 Å². The van der Waals surface area contributed by atoms with Crippen LogP contribution in [0.25, 0.3) is 0 Å². The van der Waals surface area contributed by atoms with Gasteiger partial charge in [-0.15, -0.1) is 0 Å². The number of ether oxygens (including phenoxy) is 1. The number of esters is 1. The number of carbonyl (C=O) groups is 1. The van der Waals surface area contributed by atoms with Crippen molar-refractivity contribution in [1.29, 1.82) is 0 Å². The largest absolute Gasteiger partial charge is 0.469 e. The van der Waals surface area contributed by atoms with Gasteiger partial charge >= 0.3 is 5.97 Å². The molecule has 0 heterocycles. The summed E-state index contributed by atoms with van der Waals surface area (Å²) in [5.41, 5.74) is 0. The van der Waals surface area contributed by atoms with Gasteiger partial charge in [0.1, 0.15) is 0 Å². The van der Waals surface area contributed by atoms with E-state index >= 15 is 0 Å². The fraction of sp³-hybridized carbons (Fsp3) is 0.889. The van der Waals surface area contributed by atoms with Crippen LogP contribution in [0.4, 0.5) is 0 Å². The highest BCUT2D eigenvalue weighted by Crippen LogP contribution is 2.37. The Bertz CT molecular complexity index is 150. The minimum atomic E-state index is -0.109. The van der Waals surface area contributed by atoms with E-state index < -0.39 is 0 Å². The Balaban J connectivity index is 2.05. The van der Waals surface area contributed by atoms with E-state index in [0.717, 1.165) is 19.3 Å². The van der Waals surface area contributed by atoms with Gasteiger partial charge in [0.25, 0.3) is 0 Å². The molecule has 70 valence electrons. The minimum absolute atomic E-state index is 0.109. The van der Waals surface area contributed by atoms with Gasteiger partial charge in [0.05, 0.1) is 7.11 Å². The number of aliphatic hydroxyl groups excluding tert-OH is 1. The summed E-state index contributed by atoms with van der Waals surface area (Å²) < 4.78 is 4.56. The zero-order chi connectivity index (χ0) is 8.97. The molecule has 0 aromatic rings. The molecule has 0 unspecified atom stereocenters. The molecule has 0 spiro atoms. The van der Waals surface area contributed by atoms with Crippen molar-refractivity contribution in [2.75, 3.05) is 13.7 Å². The maximum Gasteiger partial charge on any atom is 0.305 e. The lowest BCUT2D eigenvalue weighted by Crippen LogP contribution is -2.26. The van der Waals surface area contributed by atoms with Gasteiger partial charge in [-0.2, -0.15) is 0 Å². The molecular weight excluding hydrogens is 156 g/mol. The SMILES string of the molecule is COC(=O)CC1CC(CCO)C1. The predicted molar refractivity (Wildman–Crippen MR) is 44.5 cm³/mol. The molecule has 0 aliphatic heterocycles. The average Bonchev–Trinajstić information content (AvgIpc) is 2.00. The highest BCUT2D eigenvalue weighted by atomic mass is 16.5. The summed E-state index contributed by atoms with van der Waals surface area (Å²) in [5.74, 6) is 1.04. The molecule has 1 fully saturated rings. The second-order valence-corrected chi connectivity index (χ2v) is 3.50. The first-order valence-electron chi connectivity index (χ1n) is 4.44. The molecule has 1 N–H and O–H groups in total. The highest BCUT2D eigenvalue weighted by molar-refractivity contribution is 5.69. The topological polar surface area (TPSA) is 46.5 Å². The summed E-state index contributed by atoms with van der Waals surface area (Å²) in [7, 11) is 1.42. The molecular formula is C9H16O3. The zero-order valence-corrected chi connectivity index (χ0v) is 7.45. The number of carbonyl (C=O) groups excluding carboxylic acids is 1. The molecule has 1 aliphatic carbocycles. The molecule has 0 amide bonds. The molecule has 3 nitrogen and oxygen atoms in total. The van der Waals surface area contributed by atoms with Crippen molar-refractivity contribution >= 4 is 5.97 Å². The van der Waals surface area contributed by atoms with E-state index in [2.05, 4.69) is 4.74 Å². The van der Waals surface area contributed by atoms with Gasteiger partial charge in [0.15, 0.2) is 0 Å². The van der Waals surface area contributed by atoms with E-state index in [1.807, 2.05) is 0 Å². The normalized spacial score (nSPS) is 27.8. The first-order chi connectivity index (χ1) is 5.76. The van der Waals surface area contributed by atoms with Crippen LogP contribution in [-0.4, -0.2) is 24.8 Å². The third kappa shape index (κ3) is 2.48. The molecule has 3 heteroatoms. The van der Waals surface area contributed by atoms with Crippen molar-refractivity contribution < 1.29 is 14.6 Å². The summed E-state index contributed by atoms with van der Waals surface area (Å²) >= 11 is 0. The molecule has 1 saturated carbocycles. The van der Waals surface area contributed by atoms with E-state index in [-0.39, 0.29) is 12.6 Å². The Morgan fingerprint density at radius 2 is 2.17 bits per heavy atom. The lowest BCUT2D eigenvalue weighted by atomic mass is 9.72. The first-order valence-corrected chi connectivity index (χ1v) is 4.44. The van der Waals surface area contributed by atoms with Crippen LogP contribution in [0.1, 0.15) is 25.7 Å². The van der Waals surface area contributed by atoms with Gasteiger partial charge < -0.3 is 9.84 Å². The van der Waals surface area contributed by atoms with Crippen molar-refractivity contribution in [2.24, 2.45) is 11.8 Å². The number of rotatable bonds is 4. The van der Waals surface area contributed by atoms with Crippen LogP contribution in [0.3, 0.4) is 0 Å². The lowest BCUT2D eigenvalue weighted by Gasteiger charge is -2.34. The van der Waals surface area contributed by atoms with Gasteiger partial charge in [-0.25, -0.2) is 0 Å². The van der Waals surface area contributed by atoms with Gasteiger partial charge in [0.2, 0.25) is 0 Å². The fourth-order valence-electron chi connectivity index (χ4n) is 1.78. The summed E-state index contributed by atoms with van der Waals surface area (Å²) in [6, 6.07) is 0. The van der Waals surface area contributed by atoms with E-state index in [1.165, 1.54) is 7.11 Å². The van der Waals surface area contributed by atoms with Gasteiger partial charge in [-0.1, -0.05) is 0 Å². The van der Waals surface area contributed by atoms with Gasteiger partial charge in [-0.3, -0.25) is 4.79 Å². The van der Waals surface area contributed by atoms with Gasteiger partial charge in [-0.05, 0) is 31.1 Å². The summed E-state index contributed by atoms with van der Waals surface area (Å²) in [4.78, 5) is 10.8. The van der Waals surface area contributed by atoms with Crippen LogP contribution in [0.5, 0.6) is 0 Å². The summed E-state index contributed by atoms with van der Waals surface area (Å²) in [6.07, 6.45) is 3.60.